The fourth-order valence-corrected chi connectivity index (χ4v) is 3.22. The Balaban J connectivity index is 1.68. The molecule has 1 heterocycles. The molecule has 0 aliphatic carbocycles. The van der Waals surface area contributed by atoms with E-state index in [0.717, 1.165) is 5.75 Å². The van der Waals surface area contributed by atoms with Gasteiger partial charge in [-0.1, -0.05) is 6.07 Å². The summed E-state index contributed by atoms with van der Waals surface area (Å²) in [4.78, 5) is 0. The first kappa shape index (κ1) is 15.2. The molecule has 0 amide bonds. The molecule has 0 spiro atoms. The Hall–Kier alpha value is -1.22. The third-order valence-corrected chi connectivity index (χ3v) is 4.42. The van der Waals surface area contributed by atoms with E-state index in [2.05, 4.69) is 11.4 Å². The van der Waals surface area contributed by atoms with Crippen molar-refractivity contribution in [1.29, 1.82) is 5.26 Å². The number of hydrogen-bond acceptors (Lipinski definition) is 5. The van der Waals surface area contributed by atoms with Crippen LogP contribution in [0.2, 0.25) is 0 Å². The number of aliphatic hydroxyl groups excluding tert-OH is 1. The van der Waals surface area contributed by atoms with Gasteiger partial charge in [0.1, 0.15) is 18.5 Å². The summed E-state index contributed by atoms with van der Waals surface area (Å²) in [6, 6.07) is 9.54. The molecule has 0 aromatic heterocycles. The normalized spacial score (nSPS) is 20.1. The minimum absolute atomic E-state index is 0.238. The molecule has 1 fully saturated rings. The molecule has 0 radical (unpaired) electrons. The Morgan fingerprint density at radius 3 is 3.20 bits per heavy atom. The lowest BCUT2D eigenvalue weighted by Gasteiger charge is -2.24. The number of thioether (sulfide) groups is 1. The maximum Gasteiger partial charge on any atom is 0.120 e. The highest BCUT2D eigenvalue weighted by atomic mass is 32.2. The van der Waals surface area contributed by atoms with Crippen molar-refractivity contribution < 1.29 is 9.84 Å². The Kier molecular flexibility index (Phi) is 6.19. The molecule has 2 atom stereocenters. The van der Waals surface area contributed by atoms with Gasteiger partial charge < -0.3 is 15.2 Å². The molecule has 1 aromatic carbocycles. The molecule has 0 bridgehead atoms. The Bertz CT molecular complexity index is 455. The molecule has 20 heavy (non-hydrogen) atoms. The van der Waals surface area contributed by atoms with E-state index in [9.17, 15) is 5.11 Å². The van der Waals surface area contributed by atoms with E-state index in [1.54, 1.807) is 24.3 Å². The molecule has 1 aliphatic rings. The van der Waals surface area contributed by atoms with Gasteiger partial charge in [0.15, 0.2) is 0 Å². The summed E-state index contributed by atoms with van der Waals surface area (Å²) in [5.41, 5.74) is 0.564. The third kappa shape index (κ3) is 5.04. The van der Waals surface area contributed by atoms with Crippen LogP contribution in [0, 0.1) is 11.3 Å². The SMILES string of the molecule is N#Cc1cccc(OCC(O)CNC2CCCSC2)c1. The monoisotopic (exact) mass is 292 g/mol. The van der Waals surface area contributed by atoms with Gasteiger partial charge in [0.2, 0.25) is 0 Å². The van der Waals surface area contributed by atoms with Crippen LogP contribution >= 0.6 is 11.8 Å². The number of benzene rings is 1. The van der Waals surface area contributed by atoms with Gasteiger partial charge in [-0.3, -0.25) is 0 Å². The van der Waals surface area contributed by atoms with Crippen molar-refractivity contribution in [2.75, 3.05) is 24.7 Å². The zero-order chi connectivity index (χ0) is 14.2. The van der Waals surface area contributed by atoms with Crippen molar-refractivity contribution in [3.8, 4) is 11.8 Å². The van der Waals surface area contributed by atoms with Crippen molar-refractivity contribution in [3.05, 3.63) is 29.8 Å². The number of nitriles is 1. The molecule has 1 aromatic rings. The predicted molar refractivity (Wildman–Crippen MR) is 81.0 cm³/mol. The summed E-state index contributed by atoms with van der Waals surface area (Å²) in [5, 5.41) is 22.1. The zero-order valence-corrected chi connectivity index (χ0v) is 12.2. The van der Waals surface area contributed by atoms with Crippen LogP contribution in [0.4, 0.5) is 0 Å². The van der Waals surface area contributed by atoms with E-state index in [1.165, 1.54) is 18.6 Å². The number of nitrogens with one attached hydrogen (secondary N) is 1. The average Bonchev–Trinajstić information content (AvgIpc) is 2.52. The molecule has 5 heteroatoms. The van der Waals surface area contributed by atoms with Crippen LogP contribution in [0.5, 0.6) is 5.75 Å². The van der Waals surface area contributed by atoms with Gasteiger partial charge in [-0.25, -0.2) is 0 Å². The molecule has 4 nitrogen and oxygen atoms in total. The van der Waals surface area contributed by atoms with E-state index in [1.807, 2.05) is 11.8 Å². The van der Waals surface area contributed by atoms with Gasteiger partial charge in [0.05, 0.1) is 11.6 Å². The number of hydrogen-bond donors (Lipinski definition) is 2. The molecule has 0 saturated carbocycles. The Labute approximate surface area is 124 Å². The molecule has 2 N–H and O–H groups in total. The molecule has 2 unspecified atom stereocenters. The number of nitrogens with zero attached hydrogens (tertiary/aromatic N) is 1. The van der Waals surface area contributed by atoms with E-state index in [0.29, 0.717) is 23.9 Å². The van der Waals surface area contributed by atoms with Crippen LogP contribution in [0.3, 0.4) is 0 Å². The van der Waals surface area contributed by atoms with Crippen molar-refractivity contribution in [2.24, 2.45) is 0 Å². The quantitative estimate of drug-likeness (QED) is 0.837. The van der Waals surface area contributed by atoms with Gasteiger partial charge in [-0.2, -0.15) is 17.0 Å². The average molecular weight is 292 g/mol. The summed E-state index contributed by atoms with van der Waals surface area (Å²) in [7, 11) is 0. The van der Waals surface area contributed by atoms with Gasteiger partial charge >= 0.3 is 0 Å². The number of ether oxygens (including phenoxy) is 1. The number of aliphatic hydroxyl groups is 1. The lowest BCUT2D eigenvalue weighted by Crippen LogP contribution is -2.40. The first-order valence-electron chi connectivity index (χ1n) is 6.90. The second-order valence-corrected chi connectivity index (χ2v) is 6.08. The Morgan fingerprint density at radius 1 is 1.55 bits per heavy atom. The van der Waals surface area contributed by atoms with Gasteiger partial charge in [0.25, 0.3) is 0 Å². The first-order chi connectivity index (χ1) is 9.78. The lowest BCUT2D eigenvalue weighted by molar-refractivity contribution is 0.104. The zero-order valence-electron chi connectivity index (χ0n) is 11.4. The van der Waals surface area contributed by atoms with E-state index < -0.39 is 6.10 Å². The van der Waals surface area contributed by atoms with Crippen LogP contribution in [-0.4, -0.2) is 41.9 Å². The van der Waals surface area contributed by atoms with Crippen molar-refractivity contribution >= 4 is 11.8 Å². The van der Waals surface area contributed by atoms with Crippen LogP contribution in [0.1, 0.15) is 18.4 Å². The minimum atomic E-state index is -0.535. The second kappa shape index (κ2) is 8.15. The van der Waals surface area contributed by atoms with Gasteiger partial charge in [-0.05, 0) is 36.8 Å². The summed E-state index contributed by atoms with van der Waals surface area (Å²) < 4.78 is 5.50. The minimum Gasteiger partial charge on any atom is -0.491 e. The highest BCUT2D eigenvalue weighted by Crippen LogP contribution is 2.17. The Morgan fingerprint density at radius 2 is 2.45 bits per heavy atom. The molecular weight excluding hydrogens is 272 g/mol. The van der Waals surface area contributed by atoms with Crippen molar-refractivity contribution in [2.45, 2.75) is 25.0 Å². The van der Waals surface area contributed by atoms with E-state index >= 15 is 0 Å². The lowest BCUT2D eigenvalue weighted by atomic mass is 10.2. The fraction of sp³-hybridized carbons (Fsp3) is 0.533. The van der Waals surface area contributed by atoms with Crippen molar-refractivity contribution in [3.63, 3.8) is 0 Å². The molecule has 2 rings (SSSR count). The third-order valence-electron chi connectivity index (χ3n) is 3.21. The summed E-state index contributed by atoms with van der Waals surface area (Å²) in [6.45, 7) is 0.783. The summed E-state index contributed by atoms with van der Waals surface area (Å²) in [6.07, 6.45) is 1.90. The van der Waals surface area contributed by atoms with Crippen molar-refractivity contribution in [1.82, 2.24) is 5.32 Å². The summed E-state index contributed by atoms with van der Waals surface area (Å²) in [5.74, 6) is 2.99. The van der Waals surface area contributed by atoms with Crippen LogP contribution in [-0.2, 0) is 0 Å². The number of rotatable bonds is 6. The molecule has 1 saturated heterocycles. The van der Waals surface area contributed by atoms with Gasteiger partial charge in [0, 0.05) is 18.3 Å². The topological polar surface area (TPSA) is 65.3 Å². The molecule has 108 valence electrons. The summed E-state index contributed by atoms with van der Waals surface area (Å²) >= 11 is 1.96. The maximum absolute atomic E-state index is 9.91. The van der Waals surface area contributed by atoms with Crippen LogP contribution < -0.4 is 10.1 Å². The van der Waals surface area contributed by atoms with Gasteiger partial charge in [-0.15, -0.1) is 0 Å². The highest BCUT2D eigenvalue weighted by molar-refractivity contribution is 7.99. The first-order valence-corrected chi connectivity index (χ1v) is 8.05. The van der Waals surface area contributed by atoms with Crippen LogP contribution in [0.15, 0.2) is 24.3 Å². The van der Waals surface area contributed by atoms with E-state index in [-0.39, 0.29) is 6.61 Å². The smallest absolute Gasteiger partial charge is 0.120 e. The standard InChI is InChI=1S/C15H20N2O2S/c16-8-12-3-1-5-15(7-12)19-10-14(18)9-17-13-4-2-6-20-11-13/h1,3,5,7,13-14,17-18H,2,4,6,9-11H2. The maximum atomic E-state index is 9.91. The fourth-order valence-electron chi connectivity index (χ4n) is 2.11. The molecular formula is C15H20N2O2S. The highest BCUT2D eigenvalue weighted by Gasteiger charge is 2.14. The predicted octanol–water partition coefficient (Wildman–Crippen LogP) is 1.78. The van der Waals surface area contributed by atoms with E-state index in [4.69, 9.17) is 10.00 Å². The largest absolute Gasteiger partial charge is 0.491 e. The molecule has 1 aliphatic heterocycles. The second-order valence-electron chi connectivity index (χ2n) is 4.93. The van der Waals surface area contributed by atoms with Crippen LogP contribution in [0.25, 0.3) is 0 Å².